The highest BCUT2D eigenvalue weighted by Gasteiger charge is 2.37. The average molecular weight is 297 g/mol. The number of hydrogen-bond acceptors (Lipinski definition) is 2. The van der Waals surface area contributed by atoms with E-state index in [9.17, 15) is 0 Å². The van der Waals surface area contributed by atoms with Crippen molar-refractivity contribution in [1.29, 1.82) is 0 Å². The van der Waals surface area contributed by atoms with Crippen LogP contribution < -0.4 is 10.6 Å². The number of benzene rings is 1. The highest BCUT2D eigenvalue weighted by Crippen LogP contribution is 2.46. The molecule has 0 aliphatic heterocycles. The lowest BCUT2D eigenvalue weighted by atomic mass is 9.78. The van der Waals surface area contributed by atoms with Gasteiger partial charge in [-0.15, -0.1) is 0 Å². The van der Waals surface area contributed by atoms with Crippen molar-refractivity contribution in [3.8, 4) is 0 Å². The lowest BCUT2D eigenvalue weighted by molar-refractivity contribution is 0.451. The smallest absolute Gasteiger partial charge is 0.0411 e. The minimum Gasteiger partial charge on any atom is -0.377 e. The summed E-state index contributed by atoms with van der Waals surface area (Å²) in [6.07, 6.45) is 5.02. The van der Waals surface area contributed by atoms with Gasteiger partial charge >= 0.3 is 0 Å². The van der Waals surface area contributed by atoms with Crippen molar-refractivity contribution in [3.05, 3.63) is 28.2 Å². The summed E-state index contributed by atoms with van der Waals surface area (Å²) < 4.78 is 1.20. The molecule has 0 bridgehead atoms. The number of nitrogens with two attached hydrogens (primary N) is 1. The van der Waals surface area contributed by atoms with Gasteiger partial charge < -0.3 is 10.6 Å². The SMILES string of the molecule is CN(C)c1cccc(Br)c1C1(CN)CCCC1. The van der Waals surface area contributed by atoms with Gasteiger partial charge in [0.05, 0.1) is 0 Å². The number of hydrogen-bond donors (Lipinski definition) is 1. The van der Waals surface area contributed by atoms with Crippen LogP contribution in [0.2, 0.25) is 0 Å². The van der Waals surface area contributed by atoms with Crippen molar-refractivity contribution in [1.82, 2.24) is 0 Å². The minimum absolute atomic E-state index is 0.180. The first-order chi connectivity index (χ1) is 8.10. The maximum absolute atomic E-state index is 6.10. The Morgan fingerprint density at radius 3 is 2.47 bits per heavy atom. The van der Waals surface area contributed by atoms with Crippen LogP contribution in [0.25, 0.3) is 0 Å². The predicted molar refractivity (Wildman–Crippen MR) is 77.7 cm³/mol. The van der Waals surface area contributed by atoms with Gasteiger partial charge in [0, 0.05) is 36.2 Å². The van der Waals surface area contributed by atoms with Crippen LogP contribution in [0.5, 0.6) is 0 Å². The van der Waals surface area contributed by atoms with E-state index in [-0.39, 0.29) is 5.41 Å². The first kappa shape index (κ1) is 12.9. The highest BCUT2D eigenvalue weighted by molar-refractivity contribution is 9.10. The molecule has 0 unspecified atom stereocenters. The lowest BCUT2D eigenvalue weighted by Gasteiger charge is -2.33. The van der Waals surface area contributed by atoms with E-state index in [2.05, 4.69) is 53.1 Å². The van der Waals surface area contributed by atoms with E-state index in [1.54, 1.807) is 0 Å². The van der Waals surface area contributed by atoms with Crippen LogP contribution in [-0.2, 0) is 5.41 Å². The Hall–Kier alpha value is -0.540. The molecule has 1 saturated carbocycles. The largest absolute Gasteiger partial charge is 0.377 e. The fourth-order valence-electron chi connectivity index (χ4n) is 3.02. The van der Waals surface area contributed by atoms with Crippen LogP contribution >= 0.6 is 15.9 Å². The van der Waals surface area contributed by atoms with Gasteiger partial charge in [-0.25, -0.2) is 0 Å². The third-order valence-corrected chi connectivity index (χ3v) is 4.62. The molecule has 2 nitrogen and oxygen atoms in total. The van der Waals surface area contributed by atoms with E-state index in [1.165, 1.54) is 41.4 Å². The summed E-state index contributed by atoms with van der Waals surface area (Å²) in [5, 5.41) is 0. The third-order valence-electron chi connectivity index (χ3n) is 3.96. The Morgan fingerprint density at radius 1 is 1.29 bits per heavy atom. The molecule has 1 aromatic rings. The van der Waals surface area contributed by atoms with Crippen LogP contribution in [-0.4, -0.2) is 20.6 Å². The Kier molecular flexibility index (Phi) is 3.79. The number of anilines is 1. The van der Waals surface area contributed by atoms with Crippen LogP contribution in [0.1, 0.15) is 31.2 Å². The molecule has 1 aromatic carbocycles. The fourth-order valence-corrected chi connectivity index (χ4v) is 3.79. The van der Waals surface area contributed by atoms with E-state index in [0.29, 0.717) is 0 Å². The zero-order valence-corrected chi connectivity index (χ0v) is 12.3. The van der Waals surface area contributed by atoms with Gasteiger partial charge in [-0.1, -0.05) is 34.8 Å². The van der Waals surface area contributed by atoms with Crippen molar-refractivity contribution in [2.45, 2.75) is 31.1 Å². The Labute approximate surface area is 112 Å². The maximum Gasteiger partial charge on any atom is 0.0411 e. The van der Waals surface area contributed by atoms with Crippen LogP contribution in [0.15, 0.2) is 22.7 Å². The van der Waals surface area contributed by atoms with Crippen molar-refractivity contribution >= 4 is 21.6 Å². The molecular weight excluding hydrogens is 276 g/mol. The number of halogens is 1. The van der Waals surface area contributed by atoms with Crippen LogP contribution in [0.4, 0.5) is 5.69 Å². The molecular formula is C14H21BrN2. The standard InChI is InChI=1S/C14H21BrN2/c1-17(2)12-7-5-6-11(15)13(12)14(10-16)8-3-4-9-14/h5-7H,3-4,8-10,16H2,1-2H3. The first-order valence-electron chi connectivity index (χ1n) is 6.27. The first-order valence-corrected chi connectivity index (χ1v) is 7.06. The van der Waals surface area contributed by atoms with Crippen molar-refractivity contribution in [2.24, 2.45) is 5.73 Å². The molecule has 1 fully saturated rings. The summed E-state index contributed by atoms with van der Waals surface area (Å²) in [6, 6.07) is 6.43. The lowest BCUT2D eigenvalue weighted by Crippen LogP contribution is -2.34. The van der Waals surface area contributed by atoms with Crippen LogP contribution in [0.3, 0.4) is 0 Å². The zero-order valence-electron chi connectivity index (χ0n) is 10.7. The van der Waals surface area contributed by atoms with E-state index in [0.717, 1.165) is 6.54 Å². The van der Waals surface area contributed by atoms with E-state index >= 15 is 0 Å². The molecule has 94 valence electrons. The molecule has 1 aliphatic rings. The summed E-state index contributed by atoms with van der Waals surface area (Å²) in [5.74, 6) is 0. The molecule has 0 heterocycles. The predicted octanol–water partition coefficient (Wildman–Crippen LogP) is 3.29. The normalized spacial score (nSPS) is 18.4. The molecule has 2 rings (SSSR count). The van der Waals surface area contributed by atoms with E-state index < -0.39 is 0 Å². The quantitative estimate of drug-likeness (QED) is 0.927. The van der Waals surface area contributed by atoms with Gasteiger partial charge in [0.15, 0.2) is 0 Å². The molecule has 0 spiro atoms. The van der Waals surface area contributed by atoms with Crippen molar-refractivity contribution in [2.75, 3.05) is 25.5 Å². The molecule has 2 N–H and O–H groups in total. The summed E-state index contributed by atoms with van der Waals surface area (Å²) in [5.41, 5.74) is 8.98. The molecule has 17 heavy (non-hydrogen) atoms. The average Bonchev–Trinajstić information content (AvgIpc) is 2.78. The summed E-state index contributed by atoms with van der Waals surface area (Å²) in [4.78, 5) is 2.19. The minimum atomic E-state index is 0.180. The van der Waals surface area contributed by atoms with Crippen LogP contribution in [0, 0.1) is 0 Å². The van der Waals surface area contributed by atoms with E-state index in [1.807, 2.05) is 0 Å². The van der Waals surface area contributed by atoms with Gasteiger partial charge in [0.25, 0.3) is 0 Å². The molecule has 1 aliphatic carbocycles. The fraction of sp³-hybridized carbons (Fsp3) is 0.571. The second-order valence-corrected chi connectivity index (χ2v) is 6.07. The molecule has 0 aromatic heterocycles. The van der Waals surface area contributed by atoms with Gasteiger partial charge in [0.2, 0.25) is 0 Å². The zero-order chi connectivity index (χ0) is 12.5. The Balaban J connectivity index is 2.56. The van der Waals surface area contributed by atoms with Gasteiger partial charge in [0.1, 0.15) is 0 Å². The Bertz CT molecular complexity index is 395. The van der Waals surface area contributed by atoms with Crippen molar-refractivity contribution < 1.29 is 0 Å². The summed E-state index contributed by atoms with van der Waals surface area (Å²) >= 11 is 3.72. The highest BCUT2D eigenvalue weighted by atomic mass is 79.9. The van der Waals surface area contributed by atoms with Gasteiger partial charge in [-0.3, -0.25) is 0 Å². The monoisotopic (exact) mass is 296 g/mol. The molecule has 0 atom stereocenters. The van der Waals surface area contributed by atoms with Gasteiger partial charge in [-0.2, -0.15) is 0 Å². The second kappa shape index (κ2) is 4.99. The molecule has 0 radical (unpaired) electrons. The summed E-state index contributed by atoms with van der Waals surface area (Å²) in [6.45, 7) is 0.746. The number of rotatable bonds is 3. The topological polar surface area (TPSA) is 29.3 Å². The van der Waals surface area contributed by atoms with E-state index in [4.69, 9.17) is 5.73 Å². The van der Waals surface area contributed by atoms with Crippen molar-refractivity contribution in [3.63, 3.8) is 0 Å². The summed E-state index contributed by atoms with van der Waals surface area (Å²) in [7, 11) is 4.20. The second-order valence-electron chi connectivity index (χ2n) is 5.22. The third kappa shape index (κ3) is 2.23. The maximum atomic E-state index is 6.10. The van der Waals surface area contributed by atoms with Gasteiger partial charge in [-0.05, 0) is 30.5 Å². The number of nitrogens with zero attached hydrogens (tertiary/aromatic N) is 1. The molecule has 3 heteroatoms. The Morgan fingerprint density at radius 2 is 1.94 bits per heavy atom. The molecule has 0 saturated heterocycles. The molecule has 0 amide bonds.